The van der Waals surface area contributed by atoms with E-state index < -0.39 is 17.8 Å². The first-order valence-electron chi connectivity index (χ1n) is 7.49. The summed E-state index contributed by atoms with van der Waals surface area (Å²) >= 11 is 0. The minimum absolute atomic E-state index is 0.0160. The van der Waals surface area contributed by atoms with Crippen molar-refractivity contribution in [1.29, 1.82) is 0 Å². The van der Waals surface area contributed by atoms with Gasteiger partial charge in [0, 0.05) is 6.07 Å². The van der Waals surface area contributed by atoms with Crippen molar-refractivity contribution in [2.24, 2.45) is 23.7 Å². The maximum atomic E-state index is 12.7. The minimum Gasteiger partial charge on any atom is -0.497 e. The number of ether oxygens (including phenoxy) is 2. The van der Waals surface area contributed by atoms with Gasteiger partial charge in [-0.2, -0.15) is 0 Å². The second-order valence-electron chi connectivity index (χ2n) is 5.89. The van der Waals surface area contributed by atoms with E-state index in [0.29, 0.717) is 17.2 Å². The van der Waals surface area contributed by atoms with Gasteiger partial charge in [-0.3, -0.25) is 9.59 Å². The molecule has 0 heterocycles. The van der Waals surface area contributed by atoms with Gasteiger partial charge in [0.25, 0.3) is 0 Å². The SMILES string of the molecule is COc1ccc(OC)c(NC(=O)[C@@H]2[C@@H](C(=O)O)[C@@H]3C=C[C@H]2C3)c1. The Morgan fingerprint density at radius 1 is 1.13 bits per heavy atom. The Bertz CT molecular complexity index is 669. The Morgan fingerprint density at radius 3 is 2.43 bits per heavy atom. The Kier molecular flexibility index (Phi) is 3.98. The molecule has 0 aromatic heterocycles. The summed E-state index contributed by atoms with van der Waals surface area (Å²) in [6.45, 7) is 0. The molecule has 1 fully saturated rings. The molecule has 2 aliphatic rings. The molecule has 2 N–H and O–H groups in total. The zero-order chi connectivity index (χ0) is 16.6. The number of carboxylic acids is 1. The van der Waals surface area contributed by atoms with Crippen molar-refractivity contribution in [2.75, 3.05) is 19.5 Å². The maximum absolute atomic E-state index is 12.7. The number of methoxy groups -OCH3 is 2. The summed E-state index contributed by atoms with van der Waals surface area (Å²) in [5.74, 6) is -1.41. The van der Waals surface area contributed by atoms with Crippen LogP contribution in [0.4, 0.5) is 5.69 Å². The third-order valence-corrected chi connectivity index (χ3v) is 4.71. The molecule has 4 atom stereocenters. The van der Waals surface area contributed by atoms with Crippen molar-refractivity contribution in [1.82, 2.24) is 0 Å². The number of fused-ring (bicyclic) bond motifs is 2. The molecule has 2 bridgehead atoms. The van der Waals surface area contributed by atoms with Gasteiger partial charge in [-0.15, -0.1) is 0 Å². The highest BCUT2D eigenvalue weighted by Crippen LogP contribution is 2.48. The highest BCUT2D eigenvalue weighted by Gasteiger charge is 2.51. The van der Waals surface area contributed by atoms with E-state index in [4.69, 9.17) is 9.47 Å². The maximum Gasteiger partial charge on any atom is 0.307 e. The van der Waals surface area contributed by atoms with E-state index in [1.54, 1.807) is 18.2 Å². The first-order valence-corrected chi connectivity index (χ1v) is 7.49. The van der Waals surface area contributed by atoms with Crippen LogP contribution in [0.15, 0.2) is 30.4 Å². The predicted molar refractivity (Wildman–Crippen MR) is 83.5 cm³/mol. The summed E-state index contributed by atoms with van der Waals surface area (Å²) in [5, 5.41) is 12.3. The minimum atomic E-state index is -0.917. The Balaban J connectivity index is 1.84. The summed E-state index contributed by atoms with van der Waals surface area (Å²) in [5.41, 5.74) is 0.479. The van der Waals surface area contributed by atoms with Crippen LogP contribution in [0.1, 0.15) is 6.42 Å². The van der Waals surface area contributed by atoms with Crippen molar-refractivity contribution in [3.63, 3.8) is 0 Å². The molecule has 6 nitrogen and oxygen atoms in total. The van der Waals surface area contributed by atoms with E-state index >= 15 is 0 Å². The number of benzene rings is 1. The number of carbonyl (C=O) groups excluding carboxylic acids is 1. The lowest BCUT2D eigenvalue weighted by Gasteiger charge is -2.24. The zero-order valence-electron chi connectivity index (χ0n) is 13.0. The normalized spacial score (nSPS) is 27.7. The standard InChI is InChI=1S/C17H19NO5/c1-22-11-5-6-13(23-2)12(8-11)18-16(19)14-9-3-4-10(7-9)15(14)17(20)21/h3-6,8-10,14-15H,7H2,1-2H3,(H,18,19)(H,20,21)/t9-,10+,14-,15-/m0/s1. The smallest absolute Gasteiger partial charge is 0.307 e. The number of anilines is 1. The van der Waals surface area contributed by atoms with Crippen LogP contribution in [-0.4, -0.2) is 31.2 Å². The predicted octanol–water partition coefficient (Wildman–Crippen LogP) is 2.17. The number of carboxylic acid groups (broad SMARTS) is 1. The van der Waals surface area contributed by atoms with Crippen molar-refractivity contribution < 1.29 is 24.2 Å². The highest BCUT2D eigenvalue weighted by molar-refractivity contribution is 5.97. The fourth-order valence-electron chi connectivity index (χ4n) is 3.64. The topological polar surface area (TPSA) is 84.9 Å². The highest BCUT2D eigenvalue weighted by atomic mass is 16.5. The lowest BCUT2D eigenvalue weighted by Crippen LogP contribution is -2.36. The molecular weight excluding hydrogens is 298 g/mol. The van der Waals surface area contributed by atoms with Crippen molar-refractivity contribution in [2.45, 2.75) is 6.42 Å². The average Bonchev–Trinajstić information content (AvgIpc) is 3.15. The van der Waals surface area contributed by atoms with E-state index in [9.17, 15) is 14.7 Å². The van der Waals surface area contributed by atoms with Crippen LogP contribution >= 0.6 is 0 Å². The monoisotopic (exact) mass is 317 g/mol. The number of nitrogens with one attached hydrogen (secondary N) is 1. The number of amides is 1. The molecule has 0 spiro atoms. The lowest BCUT2D eigenvalue weighted by molar-refractivity contribution is -0.146. The molecule has 122 valence electrons. The molecular formula is C17H19NO5. The van der Waals surface area contributed by atoms with Crippen molar-refractivity contribution in [3.8, 4) is 11.5 Å². The number of carbonyl (C=O) groups is 2. The number of rotatable bonds is 5. The molecule has 3 rings (SSSR count). The van der Waals surface area contributed by atoms with E-state index in [0.717, 1.165) is 6.42 Å². The molecule has 0 unspecified atom stereocenters. The largest absolute Gasteiger partial charge is 0.497 e. The van der Waals surface area contributed by atoms with Gasteiger partial charge in [-0.25, -0.2) is 0 Å². The van der Waals surface area contributed by atoms with Crippen LogP contribution in [0, 0.1) is 23.7 Å². The summed E-state index contributed by atoms with van der Waals surface area (Å²) in [6, 6.07) is 5.09. The second-order valence-corrected chi connectivity index (χ2v) is 5.89. The van der Waals surface area contributed by atoms with Gasteiger partial charge in [-0.1, -0.05) is 12.2 Å². The zero-order valence-corrected chi connectivity index (χ0v) is 13.0. The van der Waals surface area contributed by atoms with E-state index in [-0.39, 0.29) is 17.7 Å². The van der Waals surface area contributed by atoms with Crippen LogP contribution in [0.5, 0.6) is 11.5 Å². The van der Waals surface area contributed by atoms with Crippen LogP contribution < -0.4 is 14.8 Å². The molecule has 1 amide bonds. The Labute approximate surface area is 134 Å². The summed E-state index contributed by atoms with van der Waals surface area (Å²) < 4.78 is 10.4. The summed E-state index contributed by atoms with van der Waals surface area (Å²) in [4.78, 5) is 24.2. The molecule has 2 aliphatic carbocycles. The number of aliphatic carboxylic acids is 1. The quantitative estimate of drug-likeness (QED) is 0.813. The van der Waals surface area contributed by atoms with Crippen molar-refractivity contribution >= 4 is 17.6 Å². The molecule has 6 heteroatoms. The lowest BCUT2D eigenvalue weighted by atomic mass is 9.82. The van der Waals surface area contributed by atoms with Crippen LogP contribution in [0.25, 0.3) is 0 Å². The van der Waals surface area contributed by atoms with Gasteiger partial charge < -0.3 is 19.9 Å². The number of hydrogen-bond acceptors (Lipinski definition) is 4. The van der Waals surface area contributed by atoms with E-state index in [1.165, 1.54) is 14.2 Å². The third-order valence-electron chi connectivity index (χ3n) is 4.71. The molecule has 0 saturated heterocycles. The fraction of sp³-hybridized carbons (Fsp3) is 0.412. The van der Waals surface area contributed by atoms with Gasteiger partial charge in [0.15, 0.2) is 0 Å². The average molecular weight is 317 g/mol. The first-order chi connectivity index (χ1) is 11.0. The van der Waals surface area contributed by atoms with Crippen LogP contribution in [0.3, 0.4) is 0 Å². The van der Waals surface area contributed by atoms with Crippen LogP contribution in [0.2, 0.25) is 0 Å². The molecule has 0 aliphatic heterocycles. The van der Waals surface area contributed by atoms with Gasteiger partial charge in [-0.05, 0) is 30.4 Å². The van der Waals surface area contributed by atoms with Crippen LogP contribution in [-0.2, 0) is 9.59 Å². The fourth-order valence-corrected chi connectivity index (χ4v) is 3.64. The molecule has 1 aromatic carbocycles. The molecule has 1 saturated carbocycles. The van der Waals surface area contributed by atoms with Gasteiger partial charge >= 0.3 is 5.97 Å². The first kappa shape index (κ1) is 15.4. The van der Waals surface area contributed by atoms with Gasteiger partial charge in [0.05, 0.1) is 31.7 Å². The molecule has 0 radical (unpaired) electrons. The van der Waals surface area contributed by atoms with E-state index in [1.807, 2.05) is 12.2 Å². The molecule has 1 aromatic rings. The van der Waals surface area contributed by atoms with Gasteiger partial charge in [0.1, 0.15) is 11.5 Å². The number of hydrogen-bond donors (Lipinski definition) is 2. The summed E-state index contributed by atoms with van der Waals surface area (Å²) in [6.07, 6.45) is 4.60. The Morgan fingerprint density at radius 2 is 1.83 bits per heavy atom. The number of allylic oxidation sites excluding steroid dienone is 2. The summed E-state index contributed by atoms with van der Waals surface area (Å²) in [7, 11) is 3.05. The molecule has 23 heavy (non-hydrogen) atoms. The Hall–Kier alpha value is -2.50. The van der Waals surface area contributed by atoms with Crippen molar-refractivity contribution in [3.05, 3.63) is 30.4 Å². The third kappa shape index (κ3) is 2.65. The van der Waals surface area contributed by atoms with Gasteiger partial charge in [0.2, 0.25) is 5.91 Å². The second kappa shape index (κ2) is 5.95. The van der Waals surface area contributed by atoms with E-state index in [2.05, 4.69) is 5.32 Å².